The predicted octanol–water partition coefficient (Wildman–Crippen LogP) is 5.17. The normalized spacial score (nSPS) is 11.4. The molecular weight excluding hydrogens is 368 g/mol. The van der Waals surface area contributed by atoms with E-state index in [1.807, 2.05) is 56.3 Å². The monoisotopic (exact) mass is 388 g/mol. The number of hydrogen-bond donors (Lipinski definition) is 1. The minimum absolute atomic E-state index is 0.270. The highest BCUT2D eigenvalue weighted by molar-refractivity contribution is 7.71. The maximum atomic E-state index is 6.01. The summed E-state index contributed by atoms with van der Waals surface area (Å²) in [5, 5.41) is 13.9. The van der Waals surface area contributed by atoms with Gasteiger partial charge in [0.1, 0.15) is 12.4 Å². The molecule has 4 aromatic rings. The molecule has 0 saturated carbocycles. The molecule has 0 aliphatic carbocycles. The van der Waals surface area contributed by atoms with Crippen molar-refractivity contribution in [2.45, 2.75) is 20.5 Å². The quantitative estimate of drug-likeness (QED) is 0.379. The van der Waals surface area contributed by atoms with E-state index in [0.29, 0.717) is 10.6 Å². The van der Waals surface area contributed by atoms with Crippen LogP contribution in [0, 0.1) is 18.6 Å². The van der Waals surface area contributed by atoms with Gasteiger partial charge in [0, 0.05) is 5.56 Å². The predicted molar refractivity (Wildman–Crippen MR) is 115 cm³/mol. The molecule has 3 aromatic carbocycles. The van der Waals surface area contributed by atoms with Crippen molar-refractivity contribution in [2.24, 2.45) is 5.10 Å². The number of aryl methyl sites for hydroxylation is 2. The largest absolute Gasteiger partial charge is 0.485 e. The van der Waals surface area contributed by atoms with Gasteiger partial charge in [-0.1, -0.05) is 60.7 Å². The van der Waals surface area contributed by atoms with E-state index in [4.69, 9.17) is 17.0 Å². The molecule has 1 N–H and O–H groups in total. The molecule has 0 fully saturated rings. The van der Waals surface area contributed by atoms with Gasteiger partial charge in [0.05, 0.1) is 6.21 Å². The highest BCUT2D eigenvalue weighted by atomic mass is 32.1. The Bertz CT molecular complexity index is 1200. The zero-order chi connectivity index (χ0) is 19.5. The van der Waals surface area contributed by atoms with E-state index in [2.05, 4.69) is 33.5 Å². The number of fused-ring (bicyclic) bond motifs is 1. The maximum absolute atomic E-state index is 6.01. The van der Waals surface area contributed by atoms with Crippen LogP contribution in [-0.2, 0) is 6.61 Å². The van der Waals surface area contributed by atoms with E-state index in [1.54, 1.807) is 10.9 Å². The van der Waals surface area contributed by atoms with E-state index in [9.17, 15) is 0 Å². The van der Waals surface area contributed by atoms with E-state index in [-0.39, 0.29) is 6.61 Å². The number of nitrogens with zero attached hydrogens (tertiary/aromatic N) is 3. The number of ether oxygens (including phenoxy) is 1. The topological polar surface area (TPSA) is 55.2 Å². The fourth-order valence-corrected chi connectivity index (χ4v) is 3.38. The smallest absolute Gasteiger partial charge is 0.216 e. The van der Waals surface area contributed by atoms with Crippen molar-refractivity contribution < 1.29 is 4.74 Å². The summed E-state index contributed by atoms with van der Waals surface area (Å²) < 4.78 is 8.04. The minimum Gasteiger partial charge on any atom is -0.485 e. The molecule has 0 amide bonds. The van der Waals surface area contributed by atoms with Crippen molar-refractivity contribution in [3.8, 4) is 5.75 Å². The van der Waals surface area contributed by atoms with Crippen molar-refractivity contribution in [1.82, 2.24) is 14.9 Å². The van der Waals surface area contributed by atoms with Gasteiger partial charge in [-0.3, -0.25) is 0 Å². The molecule has 0 unspecified atom stereocenters. The Morgan fingerprint density at radius 1 is 1.04 bits per heavy atom. The first-order chi connectivity index (χ1) is 13.6. The fraction of sp³-hybridized carbons (Fsp3) is 0.136. The van der Waals surface area contributed by atoms with Crippen LogP contribution in [0.15, 0.2) is 65.8 Å². The van der Waals surface area contributed by atoms with Crippen LogP contribution in [0.3, 0.4) is 0 Å². The number of H-pyrrole nitrogens is 1. The fourth-order valence-electron chi connectivity index (χ4n) is 3.18. The van der Waals surface area contributed by atoms with Crippen LogP contribution in [0.4, 0.5) is 0 Å². The molecule has 0 aliphatic rings. The second kappa shape index (κ2) is 7.78. The van der Waals surface area contributed by atoms with Gasteiger partial charge in [-0.05, 0) is 48.0 Å². The Labute approximate surface area is 168 Å². The molecule has 5 nitrogen and oxygen atoms in total. The maximum Gasteiger partial charge on any atom is 0.216 e. The van der Waals surface area contributed by atoms with Crippen LogP contribution in [0.25, 0.3) is 10.8 Å². The molecule has 0 bridgehead atoms. The molecule has 1 heterocycles. The number of aromatic amines is 1. The highest BCUT2D eigenvalue weighted by Gasteiger charge is 2.09. The number of hydrogen-bond acceptors (Lipinski definition) is 4. The summed E-state index contributed by atoms with van der Waals surface area (Å²) in [5.41, 5.74) is 3.18. The number of para-hydroxylation sites is 1. The lowest BCUT2D eigenvalue weighted by Crippen LogP contribution is -2.05. The van der Waals surface area contributed by atoms with Crippen LogP contribution >= 0.6 is 12.2 Å². The first-order valence-electron chi connectivity index (χ1n) is 9.01. The third kappa shape index (κ3) is 3.59. The second-order valence-corrected chi connectivity index (χ2v) is 6.97. The summed E-state index contributed by atoms with van der Waals surface area (Å²) in [7, 11) is 0. The summed E-state index contributed by atoms with van der Waals surface area (Å²) in [6.07, 6.45) is 1.80. The number of rotatable bonds is 5. The van der Waals surface area contributed by atoms with Crippen LogP contribution in [0.2, 0.25) is 0 Å². The Kier molecular flexibility index (Phi) is 5.04. The lowest BCUT2D eigenvalue weighted by Gasteiger charge is -2.11. The molecule has 140 valence electrons. The lowest BCUT2D eigenvalue weighted by atomic mass is 10.1. The third-order valence-electron chi connectivity index (χ3n) is 4.61. The van der Waals surface area contributed by atoms with E-state index in [1.165, 1.54) is 5.39 Å². The van der Waals surface area contributed by atoms with Gasteiger partial charge < -0.3 is 4.74 Å². The van der Waals surface area contributed by atoms with Crippen LogP contribution in [-0.4, -0.2) is 21.1 Å². The van der Waals surface area contributed by atoms with Gasteiger partial charge >= 0.3 is 0 Å². The van der Waals surface area contributed by atoms with Crippen molar-refractivity contribution in [1.29, 1.82) is 0 Å². The molecule has 0 spiro atoms. The van der Waals surface area contributed by atoms with Gasteiger partial charge in [-0.2, -0.15) is 14.9 Å². The molecule has 0 radical (unpaired) electrons. The summed E-state index contributed by atoms with van der Waals surface area (Å²) in [6.45, 7) is 4.32. The number of benzene rings is 3. The molecule has 0 atom stereocenters. The standard InChI is InChI=1S/C22H20N4OS/c1-15-7-5-8-16(2)21(15)27-14-20-24-25-22(28)26(20)23-13-18-11-6-10-17-9-3-4-12-19(17)18/h3-13H,14H2,1-2H3,(H,25,28)/b23-13-. The van der Waals surface area contributed by atoms with E-state index < -0.39 is 0 Å². The van der Waals surface area contributed by atoms with Gasteiger partial charge in [-0.15, -0.1) is 0 Å². The molecule has 0 saturated heterocycles. The van der Waals surface area contributed by atoms with Crippen molar-refractivity contribution in [2.75, 3.05) is 0 Å². The Balaban J connectivity index is 1.62. The second-order valence-electron chi connectivity index (χ2n) is 6.58. The first-order valence-corrected chi connectivity index (χ1v) is 9.42. The average Bonchev–Trinajstić information content (AvgIpc) is 3.05. The van der Waals surface area contributed by atoms with E-state index >= 15 is 0 Å². The Morgan fingerprint density at radius 3 is 2.57 bits per heavy atom. The Hall–Kier alpha value is -3.25. The van der Waals surface area contributed by atoms with Gasteiger partial charge in [0.2, 0.25) is 4.77 Å². The molecule has 0 aliphatic heterocycles. The van der Waals surface area contributed by atoms with Gasteiger partial charge in [0.25, 0.3) is 0 Å². The van der Waals surface area contributed by atoms with Crippen LogP contribution < -0.4 is 4.74 Å². The summed E-state index contributed by atoms with van der Waals surface area (Å²) >= 11 is 5.34. The first kappa shape index (κ1) is 18.1. The molecule has 28 heavy (non-hydrogen) atoms. The molecule has 4 rings (SSSR count). The zero-order valence-corrected chi connectivity index (χ0v) is 16.5. The van der Waals surface area contributed by atoms with Gasteiger partial charge in [0.15, 0.2) is 5.82 Å². The molecule has 1 aromatic heterocycles. The average molecular weight is 388 g/mol. The Morgan fingerprint density at radius 2 is 1.75 bits per heavy atom. The third-order valence-corrected chi connectivity index (χ3v) is 4.87. The summed E-state index contributed by atoms with van der Waals surface area (Å²) in [4.78, 5) is 0. The van der Waals surface area contributed by atoms with E-state index in [0.717, 1.165) is 27.8 Å². The lowest BCUT2D eigenvalue weighted by molar-refractivity contribution is 0.287. The van der Waals surface area contributed by atoms with Gasteiger partial charge in [-0.25, -0.2) is 5.10 Å². The molecule has 6 heteroatoms. The minimum atomic E-state index is 0.270. The van der Waals surface area contributed by atoms with Crippen LogP contribution in [0.1, 0.15) is 22.5 Å². The zero-order valence-electron chi connectivity index (χ0n) is 15.7. The van der Waals surface area contributed by atoms with Crippen molar-refractivity contribution >= 4 is 29.2 Å². The summed E-state index contributed by atoms with van der Waals surface area (Å²) in [6, 6.07) is 20.4. The van der Waals surface area contributed by atoms with Crippen LogP contribution in [0.5, 0.6) is 5.75 Å². The number of aromatic nitrogens is 3. The number of nitrogens with one attached hydrogen (secondary N) is 1. The van der Waals surface area contributed by atoms with Crippen molar-refractivity contribution in [3.05, 3.63) is 87.9 Å². The molecular formula is C22H20N4OS. The SMILES string of the molecule is Cc1cccc(C)c1OCc1n[nH]c(=S)n1/N=C\c1cccc2ccccc12. The summed E-state index contributed by atoms with van der Waals surface area (Å²) in [5.74, 6) is 1.48. The highest BCUT2D eigenvalue weighted by Crippen LogP contribution is 2.23. The van der Waals surface area contributed by atoms with Crippen molar-refractivity contribution in [3.63, 3.8) is 0 Å².